The molecule has 0 bridgehead atoms. The molecule has 0 aliphatic carbocycles. The molecular formula is C33H30N2O5. The number of ether oxygens (including phenoxy) is 2. The van der Waals surface area contributed by atoms with Crippen molar-refractivity contribution in [3.05, 3.63) is 120 Å². The van der Waals surface area contributed by atoms with Crippen LogP contribution in [0.15, 0.2) is 103 Å². The molecule has 4 aromatic rings. The SMILES string of the molecule is CCOc1cc(C2C3C(=O)N(c4ccccc4C)C(=O)C3ON2c2ccccc2)ccc1OCc1ccccc1. The fourth-order valence-electron chi connectivity index (χ4n) is 5.44. The highest BCUT2D eigenvalue weighted by Gasteiger charge is 2.60. The highest BCUT2D eigenvalue weighted by atomic mass is 16.7. The fourth-order valence-corrected chi connectivity index (χ4v) is 5.44. The lowest BCUT2D eigenvalue weighted by molar-refractivity contribution is -0.126. The minimum Gasteiger partial charge on any atom is -0.490 e. The minimum absolute atomic E-state index is 0.282. The lowest BCUT2D eigenvalue weighted by Crippen LogP contribution is -2.37. The molecule has 0 aromatic heterocycles. The predicted molar refractivity (Wildman–Crippen MR) is 152 cm³/mol. The Balaban J connectivity index is 1.38. The molecule has 7 nitrogen and oxygen atoms in total. The molecule has 2 saturated heterocycles. The summed E-state index contributed by atoms with van der Waals surface area (Å²) in [5.74, 6) is -0.208. The molecule has 2 amide bonds. The third-order valence-electron chi connectivity index (χ3n) is 7.33. The molecule has 2 fully saturated rings. The van der Waals surface area contributed by atoms with Crippen molar-refractivity contribution >= 4 is 23.2 Å². The lowest BCUT2D eigenvalue weighted by Gasteiger charge is -2.29. The number of carbonyl (C=O) groups excluding carboxylic acids is 2. The number of imide groups is 1. The summed E-state index contributed by atoms with van der Waals surface area (Å²) >= 11 is 0. The van der Waals surface area contributed by atoms with E-state index in [0.717, 1.165) is 22.4 Å². The van der Waals surface area contributed by atoms with Crippen LogP contribution < -0.4 is 19.4 Å². The monoisotopic (exact) mass is 534 g/mol. The summed E-state index contributed by atoms with van der Waals surface area (Å²) < 4.78 is 12.1. The van der Waals surface area contributed by atoms with Gasteiger partial charge in [-0.15, -0.1) is 0 Å². The van der Waals surface area contributed by atoms with E-state index in [4.69, 9.17) is 14.3 Å². The third-order valence-corrected chi connectivity index (χ3v) is 7.33. The summed E-state index contributed by atoms with van der Waals surface area (Å²) in [5, 5.41) is 1.69. The first-order valence-corrected chi connectivity index (χ1v) is 13.4. The third kappa shape index (κ3) is 4.58. The first-order valence-electron chi connectivity index (χ1n) is 13.4. The summed E-state index contributed by atoms with van der Waals surface area (Å²) in [6.45, 7) is 4.64. The van der Waals surface area contributed by atoms with E-state index in [1.54, 1.807) is 11.1 Å². The van der Waals surface area contributed by atoms with E-state index >= 15 is 0 Å². The Morgan fingerprint density at radius 3 is 2.20 bits per heavy atom. The number of hydrogen-bond acceptors (Lipinski definition) is 6. The van der Waals surface area contributed by atoms with Crippen LogP contribution in [0.2, 0.25) is 0 Å². The second-order valence-electron chi connectivity index (χ2n) is 9.87. The molecule has 0 spiro atoms. The predicted octanol–water partition coefficient (Wildman–Crippen LogP) is 6.02. The van der Waals surface area contributed by atoms with Gasteiger partial charge >= 0.3 is 0 Å². The Hall–Kier alpha value is -4.62. The van der Waals surface area contributed by atoms with E-state index in [2.05, 4.69) is 0 Å². The van der Waals surface area contributed by atoms with Crippen LogP contribution in [-0.2, 0) is 21.0 Å². The number of carbonyl (C=O) groups is 2. The first kappa shape index (κ1) is 25.6. The van der Waals surface area contributed by atoms with Crippen molar-refractivity contribution in [3.63, 3.8) is 0 Å². The number of aryl methyl sites for hydroxylation is 1. The highest BCUT2D eigenvalue weighted by Crippen LogP contribution is 2.49. The van der Waals surface area contributed by atoms with Crippen LogP contribution in [0.4, 0.5) is 11.4 Å². The summed E-state index contributed by atoms with van der Waals surface area (Å²) in [6, 6.07) is 32.0. The van der Waals surface area contributed by atoms with Gasteiger partial charge in [0.2, 0.25) is 5.91 Å². The number of hydroxylamine groups is 1. The lowest BCUT2D eigenvalue weighted by atomic mass is 9.90. The van der Waals surface area contributed by atoms with Crippen molar-refractivity contribution in [2.24, 2.45) is 5.92 Å². The molecule has 202 valence electrons. The van der Waals surface area contributed by atoms with Gasteiger partial charge in [-0.25, -0.2) is 9.96 Å². The van der Waals surface area contributed by atoms with E-state index in [-0.39, 0.29) is 11.8 Å². The number of fused-ring (bicyclic) bond motifs is 1. The van der Waals surface area contributed by atoms with Crippen molar-refractivity contribution in [2.45, 2.75) is 32.6 Å². The molecular weight excluding hydrogens is 504 g/mol. The summed E-state index contributed by atoms with van der Waals surface area (Å²) in [7, 11) is 0. The average molecular weight is 535 g/mol. The number of rotatable bonds is 8. The van der Waals surface area contributed by atoms with Crippen LogP contribution >= 0.6 is 0 Å². The van der Waals surface area contributed by atoms with Crippen LogP contribution in [-0.4, -0.2) is 24.5 Å². The van der Waals surface area contributed by atoms with Crippen molar-refractivity contribution in [2.75, 3.05) is 16.6 Å². The molecule has 40 heavy (non-hydrogen) atoms. The number of anilines is 2. The normalized spacial score (nSPS) is 20.1. The molecule has 0 saturated carbocycles. The molecule has 0 N–H and O–H groups in total. The molecule has 6 rings (SSSR count). The standard InChI is InChI=1S/C33H30N2O5/c1-3-38-28-20-24(18-19-27(28)39-21-23-13-6-4-7-14-23)30-29-31(40-35(30)25-15-8-5-9-16-25)33(37)34(32(29)36)26-17-11-10-12-22(26)2/h4-20,29-31H,3,21H2,1-2H3. The Kier molecular flexibility index (Phi) is 6.97. The second kappa shape index (κ2) is 10.9. The van der Waals surface area contributed by atoms with Gasteiger partial charge in [0.05, 0.1) is 24.0 Å². The van der Waals surface area contributed by atoms with Crippen molar-refractivity contribution in [3.8, 4) is 11.5 Å². The maximum Gasteiger partial charge on any atom is 0.266 e. The number of benzene rings is 4. The zero-order chi connectivity index (χ0) is 27.6. The topological polar surface area (TPSA) is 68.3 Å². The quantitative estimate of drug-likeness (QED) is 0.258. The Labute approximate surface area is 233 Å². The van der Waals surface area contributed by atoms with Gasteiger partial charge in [-0.3, -0.25) is 14.4 Å². The van der Waals surface area contributed by atoms with Crippen LogP contribution in [0.3, 0.4) is 0 Å². The van der Waals surface area contributed by atoms with Gasteiger partial charge in [0, 0.05) is 0 Å². The Bertz CT molecular complexity index is 1520. The number of nitrogens with zero attached hydrogens (tertiary/aromatic N) is 2. The minimum atomic E-state index is -0.943. The van der Waals surface area contributed by atoms with Crippen LogP contribution in [0.25, 0.3) is 0 Å². The average Bonchev–Trinajstić information content (AvgIpc) is 3.49. The Morgan fingerprint density at radius 2 is 1.48 bits per heavy atom. The largest absolute Gasteiger partial charge is 0.490 e. The van der Waals surface area contributed by atoms with E-state index in [1.165, 1.54) is 4.90 Å². The molecule has 2 heterocycles. The van der Waals surface area contributed by atoms with E-state index in [1.807, 2.05) is 111 Å². The van der Waals surface area contributed by atoms with Crippen LogP contribution in [0.5, 0.6) is 11.5 Å². The van der Waals surface area contributed by atoms with Crippen LogP contribution in [0.1, 0.15) is 29.7 Å². The van der Waals surface area contributed by atoms with E-state index < -0.39 is 18.1 Å². The van der Waals surface area contributed by atoms with Gasteiger partial charge in [0.25, 0.3) is 5.91 Å². The maximum atomic E-state index is 14.0. The second-order valence-corrected chi connectivity index (χ2v) is 9.87. The molecule has 2 aliphatic rings. The van der Waals surface area contributed by atoms with Crippen LogP contribution in [0, 0.1) is 12.8 Å². The smallest absolute Gasteiger partial charge is 0.266 e. The molecule has 2 aliphatic heterocycles. The number of para-hydroxylation sites is 2. The summed E-state index contributed by atoms with van der Waals surface area (Å²) in [6.07, 6.45) is -0.943. The summed E-state index contributed by atoms with van der Waals surface area (Å²) in [4.78, 5) is 35.2. The van der Waals surface area contributed by atoms with E-state index in [9.17, 15) is 9.59 Å². The van der Waals surface area contributed by atoms with Gasteiger partial charge in [0.1, 0.15) is 12.5 Å². The fraction of sp³-hybridized carbons (Fsp3) is 0.212. The number of amides is 2. The van der Waals surface area contributed by atoms with Gasteiger partial charge in [-0.2, -0.15) is 0 Å². The Morgan fingerprint density at radius 1 is 0.775 bits per heavy atom. The summed E-state index contributed by atoms with van der Waals surface area (Å²) in [5.41, 5.74) is 4.02. The molecule has 3 unspecified atom stereocenters. The highest BCUT2D eigenvalue weighted by molar-refractivity contribution is 6.24. The zero-order valence-electron chi connectivity index (χ0n) is 22.4. The molecule has 4 aromatic carbocycles. The number of hydrogen-bond donors (Lipinski definition) is 0. The van der Waals surface area contributed by atoms with Gasteiger partial charge in [0.15, 0.2) is 17.6 Å². The maximum absolute atomic E-state index is 14.0. The van der Waals surface area contributed by atoms with Gasteiger partial charge < -0.3 is 9.47 Å². The molecule has 3 atom stereocenters. The van der Waals surface area contributed by atoms with Crippen molar-refractivity contribution < 1.29 is 23.9 Å². The van der Waals surface area contributed by atoms with Gasteiger partial charge in [-0.1, -0.05) is 72.8 Å². The zero-order valence-corrected chi connectivity index (χ0v) is 22.4. The molecule has 0 radical (unpaired) electrons. The van der Waals surface area contributed by atoms with E-state index in [0.29, 0.717) is 30.4 Å². The van der Waals surface area contributed by atoms with Crippen molar-refractivity contribution in [1.82, 2.24) is 0 Å². The van der Waals surface area contributed by atoms with Gasteiger partial charge in [-0.05, 0) is 60.9 Å². The van der Waals surface area contributed by atoms with Crippen molar-refractivity contribution in [1.29, 1.82) is 0 Å². The molecule has 7 heteroatoms. The first-order chi connectivity index (χ1) is 19.6.